The predicted octanol–water partition coefficient (Wildman–Crippen LogP) is 3.95. The number of thiazole rings is 1. The number of fused-ring (bicyclic) bond motifs is 1. The fourth-order valence-electron chi connectivity index (χ4n) is 2.57. The average molecular weight is 285 g/mol. The van der Waals surface area contributed by atoms with Crippen LogP contribution >= 0.6 is 11.3 Å². The summed E-state index contributed by atoms with van der Waals surface area (Å²) in [5, 5.41) is 2.16. The molecule has 1 atom stereocenters. The molecule has 0 saturated heterocycles. The van der Waals surface area contributed by atoms with Crippen molar-refractivity contribution in [3.8, 4) is 11.3 Å². The van der Waals surface area contributed by atoms with Crippen molar-refractivity contribution in [1.29, 1.82) is 0 Å². The third kappa shape index (κ3) is 2.05. The minimum absolute atomic E-state index is 0.0717. The fourth-order valence-corrected chi connectivity index (χ4v) is 3.45. The molecule has 0 amide bonds. The van der Waals surface area contributed by atoms with Gasteiger partial charge in [0.1, 0.15) is 0 Å². The second-order valence-electron chi connectivity index (χ2n) is 5.17. The maximum Gasteiger partial charge on any atom is 0.194 e. The molecule has 0 aliphatic rings. The zero-order chi connectivity index (χ0) is 14.3. The minimum Gasteiger partial charge on any atom is -0.324 e. The van der Waals surface area contributed by atoms with E-state index in [2.05, 4.69) is 47.9 Å². The molecule has 2 aromatic heterocycles. The number of hydrogen-bond donors (Lipinski definition) is 1. The van der Waals surface area contributed by atoms with Crippen LogP contribution in [0.15, 0.2) is 29.6 Å². The van der Waals surface area contributed by atoms with E-state index in [1.165, 1.54) is 17.0 Å². The molecule has 0 aliphatic heterocycles. The summed E-state index contributed by atoms with van der Waals surface area (Å²) in [6, 6.07) is 8.51. The molecule has 3 rings (SSSR count). The summed E-state index contributed by atoms with van der Waals surface area (Å²) in [5.41, 5.74) is 11.9. The molecule has 0 spiro atoms. The largest absolute Gasteiger partial charge is 0.324 e. The first kappa shape index (κ1) is 13.3. The highest BCUT2D eigenvalue weighted by molar-refractivity contribution is 7.15. The second kappa shape index (κ2) is 5.04. The van der Waals surface area contributed by atoms with Crippen LogP contribution in [0.25, 0.3) is 16.2 Å². The van der Waals surface area contributed by atoms with Gasteiger partial charge in [-0.05, 0) is 25.8 Å². The van der Waals surface area contributed by atoms with Crippen molar-refractivity contribution in [2.75, 3.05) is 0 Å². The summed E-state index contributed by atoms with van der Waals surface area (Å²) >= 11 is 1.70. The van der Waals surface area contributed by atoms with Gasteiger partial charge in [-0.1, -0.05) is 31.2 Å². The van der Waals surface area contributed by atoms with E-state index in [1.807, 2.05) is 6.92 Å². The molecule has 20 heavy (non-hydrogen) atoms. The van der Waals surface area contributed by atoms with Crippen molar-refractivity contribution < 1.29 is 0 Å². The van der Waals surface area contributed by atoms with Crippen LogP contribution in [0.3, 0.4) is 0 Å². The average Bonchev–Trinajstić information content (AvgIpc) is 2.99. The van der Waals surface area contributed by atoms with Gasteiger partial charge < -0.3 is 5.73 Å². The number of benzene rings is 1. The van der Waals surface area contributed by atoms with Crippen LogP contribution in [0, 0.1) is 6.92 Å². The van der Waals surface area contributed by atoms with Crippen molar-refractivity contribution in [3.05, 3.63) is 46.6 Å². The molecule has 2 N–H and O–H groups in total. The van der Waals surface area contributed by atoms with E-state index in [0.29, 0.717) is 0 Å². The van der Waals surface area contributed by atoms with E-state index in [-0.39, 0.29) is 6.04 Å². The van der Waals surface area contributed by atoms with Crippen LogP contribution in [0.2, 0.25) is 0 Å². The molecule has 3 nitrogen and oxygen atoms in total. The van der Waals surface area contributed by atoms with E-state index in [9.17, 15) is 0 Å². The van der Waals surface area contributed by atoms with Crippen molar-refractivity contribution in [3.63, 3.8) is 0 Å². The Morgan fingerprint density at radius 1 is 1.30 bits per heavy atom. The Kier molecular flexibility index (Phi) is 3.36. The first-order chi connectivity index (χ1) is 9.61. The van der Waals surface area contributed by atoms with Crippen LogP contribution in [-0.4, -0.2) is 9.38 Å². The standard InChI is InChI=1S/C16H19N3S/c1-4-14-15(18-16-19(14)10(2)9-20-16)13-7-5-12(6-8-13)11(3)17/h5-9,11H,4,17H2,1-3H3. The van der Waals surface area contributed by atoms with E-state index < -0.39 is 0 Å². The van der Waals surface area contributed by atoms with Crippen molar-refractivity contribution in [1.82, 2.24) is 9.38 Å². The van der Waals surface area contributed by atoms with Gasteiger partial charge in [0.05, 0.1) is 11.4 Å². The Morgan fingerprint density at radius 3 is 2.60 bits per heavy atom. The molecule has 0 saturated carbocycles. The van der Waals surface area contributed by atoms with Gasteiger partial charge in [0, 0.05) is 22.7 Å². The first-order valence-electron chi connectivity index (χ1n) is 6.93. The Bertz CT molecular complexity index is 735. The number of hydrogen-bond acceptors (Lipinski definition) is 3. The first-order valence-corrected chi connectivity index (χ1v) is 7.81. The monoisotopic (exact) mass is 285 g/mol. The quantitative estimate of drug-likeness (QED) is 0.791. The highest BCUT2D eigenvalue weighted by Crippen LogP contribution is 2.29. The highest BCUT2D eigenvalue weighted by Gasteiger charge is 2.15. The smallest absolute Gasteiger partial charge is 0.194 e. The molecule has 0 aliphatic carbocycles. The maximum absolute atomic E-state index is 5.91. The number of rotatable bonds is 3. The van der Waals surface area contributed by atoms with Crippen molar-refractivity contribution in [2.45, 2.75) is 33.2 Å². The predicted molar refractivity (Wildman–Crippen MR) is 85.2 cm³/mol. The Balaban J connectivity index is 2.13. The number of nitrogens with zero attached hydrogens (tertiary/aromatic N) is 2. The number of nitrogens with two attached hydrogens (primary N) is 1. The van der Waals surface area contributed by atoms with Crippen molar-refractivity contribution >= 4 is 16.3 Å². The van der Waals surface area contributed by atoms with Gasteiger partial charge in [0.25, 0.3) is 0 Å². The van der Waals surface area contributed by atoms with Crippen LogP contribution in [0.1, 0.15) is 36.8 Å². The summed E-state index contributed by atoms with van der Waals surface area (Å²) in [4.78, 5) is 5.87. The number of aryl methyl sites for hydroxylation is 2. The molecule has 0 radical (unpaired) electrons. The van der Waals surface area contributed by atoms with E-state index >= 15 is 0 Å². The summed E-state index contributed by atoms with van der Waals surface area (Å²) in [6.45, 7) is 6.32. The van der Waals surface area contributed by atoms with Gasteiger partial charge in [-0.3, -0.25) is 4.40 Å². The zero-order valence-corrected chi connectivity index (χ0v) is 12.9. The summed E-state index contributed by atoms with van der Waals surface area (Å²) in [6.07, 6.45) is 0.975. The van der Waals surface area contributed by atoms with Crippen LogP contribution in [-0.2, 0) is 6.42 Å². The number of imidazole rings is 1. The summed E-state index contributed by atoms with van der Waals surface area (Å²) < 4.78 is 2.26. The Labute approximate surface area is 123 Å². The fraction of sp³-hybridized carbons (Fsp3) is 0.312. The SMILES string of the molecule is CCc1c(-c2ccc(C(C)N)cc2)nc2scc(C)n12. The lowest BCUT2D eigenvalue weighted by atomic mass is 10.0. The molecular weight excluding hydrogens is 266 g/mol. The van der Waals surface area contributed by atoms with Crippen LogP contribution < -0.4 is 5.73 Å². The Morgan fingerprint density at radius 2 is 2.00 bits per heavy atom. The zero-order valence-electron chi connectivity index (χ0n) is 12.1. The normalized spacial score (nSPS) is 13.0. The van der Waals surface area contributed by atoms with E-state index in [1.54, 1.807) is 11.3 Å². The minimum atomic E-state index is 0.0717. The van der Waals surface area contributed by atoms with Gasteiger partial charge in [0.15, 0.2) is 4.96 Å². The molecule has 0 bridgehead atoms. The van der Waals surface area contributed by atoms with Crippen molar-refractivity contribution in [2.24, 2.45) is 5.73 Å². The van der Waals surface area contributed by atoms with Gasteiger partial charge in [-0.25, -0.2) is 4.98 Å². The summed E-state index contributed by atoms with van der Waals surface area (Å²) in [5.74, 6) is 0. The lowest BCUT2D eigenvalue weighted by molar-refractivity contribution is 0.818. The molecule has 4 heteroatoms. The molecule has 104 valence electrons. The summed E-state index contributed by atoms with van der Waals surface area (Å²) in [7, 11) is 0. The van der Waals surface area contributed by atoms with Gasteiger partial charge in [-0.2, -0.15) is 0 Å². The lowest BCUT2D eigenvalue weighted by Gasteiger charge is -2.07. The molecule has 2 heterocycles. The lowest BCUT2D eigenvalue weighted by Crippen LogP contribution is -2.04. The maximum atomic E-state index is 5.91. The molecule has 1 unspecified atom stereocenters. The second-order valence-corrected chi connectivity index (χ2v) is 6.00. The Hall–Kier alpha value is -1.65. The molecular formula is C16H19N3S. The third-order valence-corrected chi connectivity index (χ3v) is 4.62. The molecule has 0 fully saturated rings. The molecule has 1 aromatic carbocycles. The highest BCUT2D eigenvalue weighted by atomic mass is 32.1. The topological polar surface area (TPSA) is 43.3 Å². The van der Waals surface area contributed by atoms with Gasteiger partial charge in [0.2, 0.25) is 0 Å². The molecule has 3 aromatic rings. The van der Waals surface area contributed by atoms with E-state index in [0.717, 1.165) is 22.6 Å². The van der Waals surface area contributed by atoms with Crippen LogP contribution in [0.5, 0.6) is 0 Å². The third-order valence-electron chi connectivity index (χ3n) is 3.67. The number of aromatic nitrogens is 2. The van der Waals surface area contributed by atoms with Gasteiger partial charge >= 0.3 is 0 Å². The van der Waals surface area contributed by atoms with E-state index in [4.69, 9.17) is 10.7 Å². The van der Waals surface area contributed by atoms with Crippen LogP contribution in [0.4, 0.5) is 0 Å². The van der Waals surface area contributed by atoms with Gasteiger partial charge in [-0.15, -0.1) is 11.3 Å².